The van der Waals surface area contributed by atoms with Gasteiger partial charge in [-0.2, -0.15) is 5.26 Å². The van der Waals surface area contributed by atoms with E-state index in [0.29, 0.717) is 38.6 Å². The molecule has 0 fully saturated rings. The molecule has 134 valence electrons. The molecule has 0 aliphatic carbocycles. The Labute approximate surface area is 173 Å². The van der Waals surface area contributed by atoms with Crippen LogP contribution in [0.3, 0.4) is 0 Å². The number of benzene rings is 3. The summed E-state index contributed by atoms with van der Waals surface area (Å²) in [5, 5.41) is 11.1. The third-order valence-corrected chi connectivity index (χ3v) is 4.87. The van der Waals surface area contributed by atoms with Crippen LogP contribution in [0.1, 0.15) is 16.7 Å². The summed E-state index contributed by atoms with van der Waals surface area (Å²) in [6.07, 6.45) is 1.77. The number of halogens is 3. The first-order valence-corrected chi connectivity index (χ1v) is 9.23. The molecule has 27 heavy (non-hydrogen) atoms. The average molecular weight is 415 g/mol. The van der Waals surface area contributed by atoms with Crippen LogP contribution in [-0.4, -0.2) is 0 Å². The van der Waals surface area contributed by atoms with Crippen LogP contribution in [0.5, 0.6) is 5.75 Å². The van der Waals surface area contributed by atoms with Crippen LogP contribution in [0.2, 0.25) is 15.1 Å². The number of nitrogens with zero attached hydrogens (tertiary/aromatic N) is 1. The molecule has 0 amide bonds. The van der Waals surface area contributed by atoms with Crippen molar-refractivity contribution in [3.8, 4) is 11.8 Å². The number of allylic oxidation sites excluding steroid dienone is 1. The highest BCUT2D eigenvalue weighted by molar-refractivity contribution is 6.42. The van der Waals surface area contributed by atoms with Crippen LogP contribution in [0, 0.1) is 11.3 Å². The van der Waals surface area contributed by atoms with E-state index in [1.807, 2.05) is 48.5 Å². The number of para-hydroxylation sites is 1. The van der Waals surface area contributed by atoms with Crippen LogP contribution in [0.15, 0.2) is 66.7 Å². The van der Waals surface area contributed by atoms with E-state index in [-0.39, 0.29) is 0 Å². The van der Waals surface area contributed by atoms with Gasteiger partial charge >= 0.3 is 0 Å². The normalized spacial score (nSPS) is 11.1. The Bertz CT molecular complexity index is 1020. The summed E-state index contributed by atoms with van der Waals surface area (Å²) < 4.78 is 5.94. The second kappa shape index (κ2) is 8.97. The Morgan fingerprint density at radius 1 is 0.926 bits per heavy atom. The van der Waals surface area contributed by atoms with Gasteiger partial charge in [0.25, 0.3) is 0 Å². The van der Waals surface area contributed by atoms with Crippen LogP contribution in [-0.2, 0) is 6.61 Å². The first-order valence-electron chi connectivity index (χ1n) is 8.10. The van der Waals surface area contributed by atoms with E-state index in [0.717, 1.165) is 11.1 Å². The van der Waals surface area contributed by atoms with Gasteiger partial charge in [0.15, 0.2) is 0 Å². The van der Waals surface area contributed by atoms with Gasteiger partial charge in [-0.3, -0.25) is 0 Å². The molecule has 0 aliphatic heterocycles. The van der Waals surface area contributed by atoms with Crippen molar-refractivity contribution in [2.75, 3.05) is 0 Å². The fourth-order valence-corrected chi connectivity index (χ4v) is 2.90. The zero-order chi connectivity index (χ0) is 19.2. The molecule has 0 N–H and O–H groups in total. The van der Waals surface area contributed by atoms with Crippen molar-refractivity contribution in [3.05, 3.63) is 98.5 Å². The van der Waals surface area contributed by atoms with Crippen molar-refractivity contribution in [2.45, 2.75) is 6.61 Å². The predicted molar refractivity (Wildman–Crippen MR) is 112 cm³/mol. The zero-order valence-corrected chi connectivity index (χ0v) is 16.4. The molecule has 5 heteroatoms. The van der Waals surface area contributed by atoms with Gasteiger partial charge < -0.3 is 4.74 Å². The maximum atomic E-state index is 9.58. The summed E-state index contributed by atoms with van der Waals surface area (Å²) in [6, 6.07) is 22.3. The molecule has 0 bridgehead atoms. The minimum Gasteiger partial charge on any atom is -0.488 e. The first kappa shape index (κ1) is 19.3. The van der Waals surface area contributed by atoms with E-state index in [1.165, 1.54) is 0 Å². The van der Waals surface area contributed by atoms with E-state index in [4.69, 9.17) is 39.5 Å². The third-order valence-electron chi connectivity index (χ3n) is 3.88. The molecular formula is C22H14Cl3NO. The molecule has 0 radical (unpaired) electrons. The van der Waals surface area contributed by atoms with Gasteiger partial charge in [0.1, 0.15) is 12.4 Å². The smallest absolute Gasteiger partial charge is 0.127 e. The molecule has 0 saturated heterocycles. The molecular weight excluding hydrogens is 401 g/mol. The van der Waals surface area contributed by atoms with Gasteiger partial charge in [0.05, 0.1) is 21.7 Å². The van der Waals surface area contributed by atoms with Crippen LogP contribution >= 0.6 is 34.8 Å². The average Bonchev–Trinajstić information content (AvgIpc) is 2.68. The number of hydrogen-bond acceptors (Lipinski definition) is 2. The highest BCUT2D eigenvalue weighted by Gasteiger charge is 2.08. The second-order valence-corrected chi connectivity index (χ2v) is 7.00. The van der Waals surface area contributed by atoms with E-state index in [2.05, 4.69) is 6.07 Å². The largest absolute Gasteiger partial charge is 0.488 e. The summed E-state index contributed by atoms with van der Waals surface area (Å²) in [4.78, 5) is 0. The summed E-state index contributed by atoms with van der Waals surface area (Å²) >= 11 is 17.9. The highest BCUT2D eigenvalue weighted by Crippen LogP contribution is 2.29. The highest BCUT2D eigenvalue weighted by atomic mass is 35.5. The van der Waals surface area contributed by atoms with Gasteiger partial charge in [-0.05, 0) is 47.5 Å². The Hall–Kier alpha value is -2.44. The van der Waals surface area contributed by atoms with Crippen molar-refractivity contribution in [3.63, 3.8) is 0 Å². The molecule has 0 aliphatic rings. The van der Waals surface area contributed by atoms with Crippen molar-refractivity contribution in [1.82, 2.24) is 0 Å². The van der Waals surface area contributed by atoms with Crippen molar-refractivity contribution in [1.29, 1.82) is 5.26 Å². The fraction of sp³-hybridized carbons (Fsp3) is 0.0455. The van der Waals surface area contributed by atoms with Crippen molar-refractivity contribution < 1.29 is 4.74 Å². The molecule has 3 aromatic rings. The van der Waals surface area contributed by atoms with E-state index in [1.54, 1.807) is 24.3 Å². The van der Waals surface area contributed by atoms with Crippen molar-refractivity contribution >= 4 is 46.5 Å². The lowest BCUT2D eigenvalue weighted by Crippen LogP contribution is -1.97. The van der Waals surface area contributed by atoms with Gasteiger partial charge in [-0.25, -0.2) is 0 Å². The molecule has 2 nitrogen and oxygen atoms in total. The van der Waals surface area contributed by atoms with Gasteiger partial charge in [0.2, 0.25) is 0 Å². The topological polar surface area (TPSA) is 33.0 Å². The second-order valence-electron chi connectivity index (χ2n) is 5.75. The van der Waals surface area contributed by atoms with Gasteiger partial charge in [-0.1, -0.05) is 71.2 Å². The van der Waals surface area contributed by atoms with E-state index >= 15 is 0 Å². The maximum Gasteiger partial charge on any atom is 0.127 e. The summed E-state index contributed by atoms with van der Waals surface area (Å²) in [5.41, 5.74) is 2.97. The third kappa shape index (κ3) is 5.05. The lowest BCUT2D eigenvalue weighted by Gasteiger charge is -2.10. The molecule has 0 heterocycles. The lowest BCUT2D eigenvalue weighted by molar-refractivity contribution is 0.305. The Morgan fingerprint density at radius 3 is 2.37 bits per heavy atom. The molecule has 3 rings (SSSR count). The summed E-state index contributed by atoms with van der Waals surface area (Å²) in [6.45, 7) is 0.399. The van der Waals surface area contributed by atoms with E-state index in [9.17, 15) is 5.26 Å². The van der Waals surface area contributed by atoms with Crippen molar-refractivity contribution in [2.24, 2.45) is 0 Å². The quantitative estimate of drug-likeness (QED) is 0.324. The minimum absolute atomic E-state index is 0.399. The van der Waals surface area contributed by atoms with E-state index < -0.39 is 0 Å². The number of hydrogen-bond donors (Lipinski definition) is 0. The van der Waals surface area contributed by atoms with Gasteiger partial charge in [-0.15, -0.1) is 0 Å². The maximum absolute atomic E-state index is 9.58. The molecule has 0 unspecified atom stereocenters. The molecule has 0 saturated carbocycles. The minimum atomic E-state index is 0.399. The number of nitriles is 1. The SMILES string of the molecule is N#C/C(=C/c1ccccc1OCc1ccc(Cl)cc1)c1ccc(Cl)c(Cl)c1. The Balaban J connectivity index is 1.87. The van der Waals surface area contributed by atoms with Crippen LogP contribution < -0.4 is 4.74 Å². The molecule has 3 aromatic carbocycles. The molecule has 0 atom stereocenters. The fourth-order valence-electron chi connectivity index (χ4n) is 2.47. The monoisotopic (exact) mass is 413 g/mol. The standard InChI is InChI=1S/C22H14Cl3NO/c23-19-8-5-15(6-9-19)14-27-22-4-2-1-3-17(22)11-18(13-26)16-7-10-20(24)21(25)12-16/h1-12H,14H2/b18-11-. The number of ether oxygens (including phenoxy) is 1. The predicted octanol–water partition coefficient (Wildman–Crippen LogP) is 7.29. The molecule has 0 spiro atoms. The Morgan fingerprint density at radius 2 is 1.67 bits per heavy atom. The molecule has 0 aromatic heterocycles. The number of rotatable bonds is 5. The van der Waals surface area contributed by atoms with Crippen LogP contribution in [0.4, 0.5) is 0 Å². The van der Waals surface area contributed by atoms with Gasteiger partial charge in [0, 0.05) is 10.6 Å². The lowest BCUT2D eigenvalue weighted by atomic mass is 10.0. The Kier molecular flexibility index (Phi) is 6.42. The zero-order valence-electron chi connectivity index (χ0n) is 14.1. The summed E-state index contributed by atoms with van der Waals surface area (Å²) in [7, 11) is 0. The first-order chi connectivity index (χ1) is 13.1. The summed E-state index contributed by atoms with van der Waals surface area (Å²) in [5.74, 6) is 0.681. The van der Waals surface area contributed by atoms with Crippen LogP contribution in [0.25, 0.3) is 11.6 Å².